The topological polar surface area (TPSA) is 110 Å². The Kier molecular flexibility index (Phi) is 4.49. The summed E-state index contributed by atoms with van der Waals surface area (Å²) in [6.45, 7) is 1.34. The number of hydrogen-bond donors (Lipinski definition) is 1. The van der Waals surface area contributed by atoms with Crippen molar-refractivity contribution in [2.24, 2.45) is 0 Å². The number of imide groups is 1. The van der Waals surface area contributed by atoms with Crippen molar-refractivity contribution in [3.63, 3.8) is 0 Å². The predicted molar refractivity (Wildman–Crippen MR) is 91.5 cm³/mol. The average Bonchev–Trinajstić information content (AvgIpc) is 2.87. The van der Waals surface area contributed by atoms with Gasteiger partial charge in [0.1, 0.15) is 6.54 Å². The summed E-state index contributed by atoms with van der Waals surface area (Å²) in [6.07, 6.45) is 0. The van der Waals surface area contributed by atoms with Gasteiger partial charge in [0.15, 0.2) is 0 Å². The number of rotatable bonds is 5. The number of nitro groups is 1. The van der Waals surface area contributed by atoms with Crippen LogP contribution in [0.3, 0.4) is 0 Å². The minimum Gasteiger partial charge on any atom is -0.348 e. The quantitative estimate of drug-likeness (QED) is 0.503. The van der Waals surface area contributed by atoms with Crippen LogP contribution in [0.4, 0.5) is 5.69 Å². The van der Waals surface area contributed by atoms with E-state index in [0.717, 1.165) is 22.6 Å². The number of carbonyl (C=O) groups excluding carboxylic acids is 3. The predicted octanol–water partition coefficient (Wildman–Crippen LogP) is 2.07. The Labute approximate surface area is 148 Å². The summed E-state index contributed by atoms with van der Waals surface area (Å²) in [5.74, 6) is -1.84. The molecule has 2 aromatic carbocycles. The number of nitrogens with zero attached hydrogens (tertiary/aromatic N) is 2. The fourth-order valence-corrected chi connectivity index (χ4v) is 2.79. The maximum Gasteiger partial charge on any atom is 0.270 e. The Morgan fingerprint density at radius 1 is 1.12 bits per heavy atom. The van der Waals surface area contributed by atoms with Crippen molar-refractivity contribution in [3.8, 4) is 0 Å². The van der Waals surface area contributed by atoms with Crippen molar-refractivity contribution in [2.45, 2.75) is 13.0 Å². The van der Waals surface area contributed by atoms with Crippen molar-refractivity contribution < 1.29 is 19.3 Å². The third kappa shape index (κ3) is 3.16. The number of carbonyl (C=O) groups is 3. The van der Waals surface area contributed by atoms with Crippen LogP contribution in [0.25, 0.3) is 0 Å². The lowest BCUT2D eigenvalue weighted by atomic mass is 10.1. The van der Waals surface area contributed by atoms with Gasteiger partial charge < -0.3 is 5.32 Å². The molecule has 8 heteroatoms. The molecule has 0 fully saturated rings. The highest BCUT2D eigenvalue weighted by molar-refractivity contribution is 6.22. The first-order chi connectivity index (χ1) is 12.4. The first-order valence-corrected chi connectivity index (χ1v) is 7.87. The molecule has 0 bridgehead atoms. The molecule has 1 aliphatic rings. The van der Waals surface area contributed by atoms with E-state index in [0.29, 0.717) is 0 Å². The van der Waals surface area contributed by atoms with Gasteiger partial charge in [0.2, 0.25) is 5.91 Å². The van der Waals surface area contributed by atoms with Crippen LogP contribution < -0.4 is 5.32 Å². The van der Waals surface area contributed by atoms with E-state index in [4.69, 9.17) is 0 Å². The Morgan fingerprint density at radius 3 is 2.42 bits per heavy atom. The molecule has 0 saturated carbocycles. The van der Waals surface area contributed by atoms with Gasteiger partial charge >= 0.3 is 0 Å². The van der Waals surface area contributed by atoms with Crippen LogP contribution in [0.15, 0.2) is 48.5 Å². The van der Waals surface area contributed by atoms with E-state index in [9.17, 15) is 24.5 Å². The second-order valence-corrected chi connectivity index (χ2v) is 5.88. The molecule has 1 heterocycles. The molecule has 8 nitrogen and oxygen atoms in total. The summed E-state index contributed by atoms with van der Waals surface area (Å²) < 4.78 is 0. The smallest absolute Gasteiger partial charge is 0.270 e. The van der Waals surface area contributed by atoms with Gasteiger partial charge in [-0.05, 0) is 18.6 Å². The van der Waals surface area contributed by atoms with Crippen molar-refractivity contribution in [2.75, 3.05) is 6.54 Å². The molecule has 3 amide bonds. The lowest BCUT2D eigenvalue weighted by molar-refractivity contribution is -0.384. The third-order valence-electron chi connectivity index (χ3n) is 4.14. The van der Waals surface area contributed by atoms with Crippen LogP contribution in [0.2, 0.25) is 0 Å². The minimum absolute atomic E-state index is 0.0597. The Bertz CT molecular complexity index is 910. The zero-order valence-corrected chi connectivity index (χ0v) is 13.8. The molecule has 1 atom stereocenters. The highest BCUT2D eigenvalue weighted by atomic mass is 16.6. The van der Waals surface area contributed by atoms with E-state index >= 15 is 0 Å². The number of non-ortho nitro benzene ring substituents is 1. The van der Waals surface area contributed by atoms with Gasteiger partial charge in [0, 0.05) is 12.1 Å². The minimum atomic E-state index is -0.712. The van der Waals surface area contributed by atoms with Crippen LogP contribution in [0.5, 0.6) is 0 Å². The molecule has 0 spiro atoms. The molecular weight excluding hydrogens is 338 g/mol. The molecule has 2 aromatic rings. The van der Waals surface area contributed by atoms with E-state index in [1.54, 1.807) is 6.92 Å². The van der Waals surface area contributed by atoms with Crippen LogP contribution in [0, 0.1) is 10.1 Å². The fourth-order valence-electron chi connectivity index (χ4n) is 2.79. The largest absolute Gasteiger partial charge is 0.348 e. The summed E-state index contributed by atoms with van der Waals surface area (Å²) in [4.78, 5) is 47.9. The van der Waals surface area contributed by atoms with Gasteiger partial charge in [-0.3, -0.25) is 29.4 Å². The van der Waals surface area contributed by atoms with Crippen molar-refractivity contribution in [1.82, 2.24) is 10.2 Å². The molecule has 0 unspecified atom stereocenters. The van der Waals surface area contributed by atoms with Gasteiger partial charge in [-0.15, -0.1) is 0 Å². The van der Waals surface area contributed by atoms with E-state index in [1.807, 2.05) is 30.3 Å². The van der Waals surface area contributed by atoms with Crippen molar-refractivity contribution in [1.29, 1.82) is 0 Å². The first-order valence-electron chi connectivity index (χ1n) is 7.87. The molecule has 0 radical (unpaired) electrons. The maximum absolute atomic E-state index is 12.4. The molecule has 1 N–H and O–H groups in total. The molecule has 0 aromatic heterocycles. The summed E-state index contributed by atoms with van der Waals surface area (Å²) in [5, 5.41) is 13.6. The van der Waals surface area contributed by atoms with Crippen LogP contribution >= 0.6 is 0 Å². The summed E-state index contributed by atoms with van der Waals surface area (Å²) in [5.41, 5.74) is 0.602. The van der Waals surface area contributed by atoms with Gasteiger partial charge in [0.05, 0.1) is 22.1 Å². The first kappa shape index (κ1) is 17.3. The van der Waals surface area contributed by atoms with Gasteiger partial charge in [-0.25, -0.2) is 0 Å². The van der Waals surface area contributed by atoms with Gasteiger partial charge in [-0.1, -0.05) is 30.3 Å². The van der Waals surface area contributed by atoms with E-state index in [-0.39, 0.29) is 22.9 Å². The van der Waals surface area contributed by atoms with Crippen LogP contribution in [-0.2, 0) is 4.79 Å². The third-order valence-corrected chi connectivity index (χ3v) is 4.14. The zero-order valence-electron chi connectivity index (χ0n) is 13.8. The number of fused-ring (bicyclic) bond motifs is 1. The maximum atomic E-state index is 12.4. The second-order valence-electron chi connectivity index (χ2n) is 5.88. The Hall–Kier alpha value is -3.55. The van der Waals surface area contributed by atoms with Gasteiger partial charge in [0.25, 0.3) is 17.5 Å². The number of amides is 3. The number of benzene rings is 2. The van der Waals surface area contributed by atoms with E-state index in [1.165, 1.54) is 6.07 Å². The van der Waals surface area contributed by atoms with Gasteiger partial charge in [-0.2, -0.15) is 0 Å². The lowest BCUT2D eigenvalue weighted by Gasteiger charge is -2.17. The van der Waals surface area contributed by atoms with Crippen molar-refractivity contribution >= 4 is 23.4 Å². The fraction of sp³-hybridized carbons (Fsp3) is 0.167. The highest BCUT2D eigenvalue weighted by Gasteiger charge is 2.37. The standard InChI is InChI=1S/C18H15N3O5/c1-11(12-5-3-2-4-6-12)19-16(22)10-20-17(23)14-8-7-13(21(25)26)9-15(14)18(20)24/h2-9,11H,10H2,1H3,(H,19,22)/t11-/m0/s1. The molecule has 3 rings (SSSR count). The Balaban J connectivity index is 1.72. The summed E-state index contributed by atoms with van der Waals surface area (Å²) in [7, 11) is 0. The molecule has 26 heavy (non-hydrogen) atoms. The number of nitro benzene ring substituents is 1. The monoisotopic (exact) mass is 353 g/mol. The molecule has 1 aliphatic heterocycles. The number of nitrogens with one attached hydrogen (secondary N) is 1. The SMILES string of the molecule is C[C@H](NC(=O)CN1C(=O)c2ccc([N+](=O)[O-])cc2C1=O)c1ccccc1. The van der Waals surface area contributed by atoms with Crippen LogP contribution in [-0.4, -0.2) is 34.1 Å². The second kappa shape index (κ2) is 6.75. The average molecular weight is 353 g/mol. The summed E-state index contributed by atoms with van der Waals surface area (Å²) in [6, 6.07) is 12.4. The van der Waals surface area contributed by atoms with E-state index in [2.05, 4.69) is 5.32 Å². The normalized spacial score (nSPS) is 14.1. The van der Waals surface area contributed by atoms with Crippen LogP contribution in [0.1, 0.15) is 39.2 Å². The zero-order chi connectivity index (χ0) is 18.8. The molecule has 132 valence electrons. The highest BCUT2D eigenvalue weighted by Crippen LogP contribution is 2.26. The Morgan fingerprint density at radius 2 is 1.77 bits per heavy atom. The number of hydrogen-bond acceptors (Lipinski definition) is 5. The lowest BCUT2D eigenvalue weighted by Crippen LogP contribution is -2.41. The summed E-state index contributed by atoms with van der Waals surface area (Å²) >= 11 is 0. The molecule has 0 aliphatic carbocycles. The van der Waals surface area contributed by atoms with Crippen molar-refractivity contribution in [3.05, 3.63) is 75.3 Å². The molecular formula is C18H15N3O5. The van der Waals surface area contributed by atoms with E-state index < -0.39 is 29.2 Å². The molecule has 0 saturated heterocycles.